The van der Waals surface area contributed by atoms with Gasteiger partial charge in [0.1, 0.15) is 23.7 Å². The Morgan fingerprint density at radius 1 is 1.03 bits per heavy atom. The molecule has 1 N–H and O–H groups in total. The second-order valence-corrected chi connectivity index (χ2v) is 6.78. The highest BCUT2D eigenvalue weighted by Gasteiger charge is 2.16. The van der Waals surface area contributed by atoms with Crippen LogP contribution in [0, 0.1) is 5.82 Å². The van der Waals surface area contributed by atoms with Crippen LogP contribution in [0.5, 0.6) is 0 Å². The monoisotopic (exact) mass is 414 g/mol. The summed E-state index contributed by atoms with van der Waals surface area (Å²) < 4.78 is 16.7. The maximum Gasteiger partial charge on any atom is 0.222 e. The lowest BCUT2D eigenvalue weighted by Gasteiger charge is -2.05. The number of hydrogen-bond acceptors (Lipinski definition) is 6. The number of fused-ring (bicyclic) bond motifs is 1. The Kier molecular flexibility index (Phi) is 4.43. The van der Waals surface area contributed by atoms with Crippen molar-refractivity contribution in [3.05, 3.63) is 73.1 Å². The largest absolute Gasteiger partial charge is 0.311 e. The third-order valence-corrected chi connectivity index (χ3v) is 4.59. The van der Waals surface area contributed by atoms with E-state index in [0.717, 1.165) is 16.7 Å². The van der Waals surface area contributed by atoms with Crippen molar-refractivity contribution in [3.63, 3.8) is 0 Å². The molecule has 0 spiro atoms. The first-order valence-corrected chi connectivity index (χ1v) is 9.34. The predicted octanol–water partition coefficient (Wildman–Crippen LogP) is 3.14. The van der Waals surface area contributed by atoms with Gasteiger partial charge in [0.15, 0.2) is 11.5 Å². The molecule has 5 rings (SSSR count). The van der Waals surface area contributed by atoms with Crippen molar-refractivity contribution < 1.29 is 9.18 Å². The highest BCUT2D eigenvalue weighted by atomic mass is 19.1. The van der Waals surface area contributed by atoms with Gasteiger partial charge >= 0.3 is 0 Å². The van der Waals surface area contributed by atoms with Crippen molar-refractivity contribution in [3.8, 4) is 28.2 Å². The number of rotatable bonds is 4. The van der Waals surface area contributed by atoms with E-state index in [1.807, 2.05) is 12.3 Å². The zero-order valence-corrected chi connectivity index (χ0v) is 16.3. The van der Waals surface area contributed by atoms with Crippen molar-refractivity contribution in [2.24, 2.45) is 0 Å². The summed E-state index contributed by atoms with van der Waals surface area (Å²) in [4.78, 5) is 15.6. The summed E-state index contributed by atoms with van der Waals surface area (Å²) >= 11 is 0. The Balaban J connectivity index is 1.67. The van der Waals surface area contributed by atoms with E-state index in [1.165, 1.54) is 25.4 Å². The lowest BCUT2D eigenvalue weighted by atomic mass is 10.0. The molecule has 9 nitrogen and oxygen atoms in total. The molecule has 0 unspecified atom stereocenters. The summed E-state index contributed by atoms with van der Waals surface area (Å²) in [5.41, 5.74) is 3.54. The summed E-state index contributed by atoms with van der Waals surface area (Å²) in [7, 11) is 0. The molecule has 0 bridgehead atoms. The van der Waals surface area contributed by atoms with Gasteiger partial charge in [-0.3, -0.25) is 4.79 Å². The molecule has 0 fully saturated rings. The summed E-state index contributed by atoms with van der Waals surface area (Å²) in [6.45, 7) is 1.42. The van der Waals surface area contributed by atoms with E-state index in [2.05, 4.69) is 25.6 Å². The van der Waals surface area contributed by atoms with Gasteiger partial charge in [0.25, 0.3) is 0 Å². The van der Waals surface area contributed by atoms with E-state index in [-0.39, 0.29) is 11.7 Å². The van der Waals surface area contributed by atoms with Crippen molar-refractivity contribution in [1.29, 1.82) is 0 Å². The van der Waals surface area contributed by atoms with E-state index < -0.39 is 0 Å². The Bertz CT molecular complexity index is 1410. The van der Waals surface area contributed by atoms with Gasteiger partial charge in [0.2, 0.25) is 5.91 Å². The fourth-order valence-electron chi connectivity index (χ4n) is 3.21. The van der Waals surface area contributed by atoms with Crippen LogP contribution >= 0.6 is 0 Å². The molecule has 0 atom stereocenters. The van der Waals surface area contributed by atoms with Gasteiger partial charge in [-0.1, -0.05) is 0 Å². The Morgan fingerprint density at radius 2 is 1.87 bits per heavy atom. The van der Waals surface area contributed by atoms with Gasteiger partial charge in [-0.15, -0.1) is 15.3 Å². The molecule has 4 aromatic heterocycles. The van der Waals surface area contributed by atoms with Crippen molar-refractivity contribution >= 4 is 17.4 Å². The molecule has 152 valence electrons. The first-order valence-electron chi connectivity index (χ1n) is 9.34. The molecule has 31 heavy (non-hydrogen) atoms. The fourth-order valence-corrected chi connectivity index (χ4v) is 3.21. The number of nitrogens with one attached hydrogen (secondary N) is 1. The summed E-state index contributed by atoms with van der Waals surface area (Å²) in [6, 6.07) is 13.2. The van der Waals surface area contributed by atoms with Crippen molar-refractivity contribution in [2.45, 2.75) is 6.92 Å². The summed E-state index contributed by atoms with van der Waals surface area (Å²) in [5.74, 6) is 0.428. The van der Waals surface area contributed by atoms with Crippen LogP contribution in [-0.2, 0) is 4.79 Å². The van der Waals surface area contributed by atoms with Gasteiger partial charge < -0.3 is 5.32 Å². The third-order valence-electron chi connectivity index (χ3n) is 4.59. The van der Waals surface area contributed by atoms with E-state index >= 15 is 0 Å². The fraction of sp³-hybridized carbons (Fsp3) is 0.0476. The molecule has 0 aliphatic rings. The zero-order chi connectivity index (χ0) is 21.4. The van der Waals surface area contributed by atoms with Gasteiger partial charge in [0, 0.05) is 30.4 Å². The summed E-state index contributed by atoms with van der Waals surface area (Å²) in [6.07, 6.45) is 4.94. The van der Waals surface area contributed by atoms with Crippen LogP contribution in [0.25, 0.3) is 33.8 Å². The number of nitrogens with zero attached hydrogens (tertiary/aromatic N) is 7. The van der Waals surface area contributed by atoms with Gasteiger partial charge in [-0.2, -0.15) is 9.61 Å². The van der Waals surface area contributed by atoms with Gasteiger partial charge in [0.05, 0.1) is 0 Å². The minimum absolute atomic E-state index is 0.217. The maximum absolute atomic E-state index is 13.5. The van der Waals surface area contributed by atoms with E-state index in [0.29, 0.717) is 23.0 Å². The molecule has 0 radical (unpaired) electrons. The van der Waals surface area contributed by atoms with Gasteiger partial charge in [-0.05, 0) is 54.1 Å². The number of pyridine rings is 1. The Hall–Kier alpha value is -4.47. The first-order chi connectivity index (χ1) is 15.1. The Labute approximate surface area is 175 Å². The lowest BCUT2D eigenvalue weighted by Crippen LogP contribution is -2.07. The van der Waals surface area contributed by atoms with Gasteiger partial charge in [-0.25, -0.2) is 14.1 Å². The van der Waals surface area contributed by atoms with Crippen LogP contribution in [0.4, 0.5) is 10.2 Å². The standard InChI is InChI=1S/C21H15FN8O/c1-13(31)25-18-10-15(8-9-23-18)17-11-29(20-7-6-19-26-24-12-30(19)27-20)28-21(17)14-2-4-16(22)5-3-14/h2-12H,1H3,(H,23,25,31). The average Bonchev–Trinajstić information content (AvgIpc) is 3.41. The predicted molar refractivity (Wildman–Crippen MR) is 111 cm³/mol. The molecule has 4 heterocycles. The molecular weight excluding hydrogens is 399 g/mol. The highest BCUT2D eigenvalue weighted by molar-refractivity contribution is 5.89. The van der Waals surface area contributed by atoms with Crippen LogP contribution < -0.4 is 5.32 Å². The van der Waals surface area contributed by atoms with Crippen LogP contribution in [0.3, 0.4) is 0 Å². The number of amides is 1. The molecule has 1 aromatic carbocycles. The molecule has 5 aromatic rings. The second kappa shape index (κ2) is 7.41. The molecule has 1 amide bonds. The maximum atomic E-state index is 13.5. The normalized spacial score (nSPS) is 11.0. The number of benzene rings is 1. The smallest absolute Gasteiger partial charge is 0.222 e. The average molecular weight is 414 g/mol. The first kappa shape index (κ1) is 18.6. The minimum atomic E-state index is -0.332. The number of aromatic nitrogens is 7. The quantitative estimate of drug-likeness (QED) is 0.485. The summed E-state index contributed by atoms with van der Waals surface area (Å²) in [5, 5.41) is 19.7. The second-order valence-electron chi connectivity index (χ2n) is 6.78. The van der Waals surface area contributed by atoms with Crippen LogP contribution in [0.1, 0.15) is 6.92 Å². The molecule has 0 aliphatic heterocycles. The molecule has 10 heteroatoms. The van der Waals surface area contributed by atoms with E-state index in [4.69, 9.17) is 5.10 Å². The van der Waals surface area contributed by atoms with E-state index in [9.17, 15) is 9.18 Å². The molecule has 0 saturated heterocycles. The minimum Gasteiger partial charge on any atom is -0.311 e. The Morgan fingerprint density at radius 3 is 2.68 bits per heavy atom. The highest BCUT2D eigenvalue weighted by Crippen LogP contribution is 2.32. The van der Waals surface area contributed by atoms with Crippen molar-refractivity contribution in [2.75, 3.05) is 5.32 Å². The van der Waals surface area contributed by atoms with E-state index in [1.54, 1.807) is 45.7 Å². The number of anilines is 1. The van der Waals surface area contributed by atoms with Crippen LogP contribution in [0.15, 0.2) is 67.3 Å². The number of hydrogen-bond donors (Lipinski definition) is 1. The third kappa shape index (κ3) is 3.62. The lowest BCUT2D eigenvalue weighted by molar-refractivity contribution is -0.114. The topological polar surface area (TPSA) is 103 Å². The molecule has 0 aliphatic carbocycles. The molecule has 0 saturated carbocycles. The SMILES string of the molecule is CC(=O)Nc1cc(-c2cn(-c3ccc4nncn4n3)nc2-c2ccc(F)cc2)ccn1. The van der Waals surface area contributed by atoms with Crippen LogP contribution in [0.2, 0.25) is 0 Å². The number of halogens is 1. The number of carbonyl (C=O) groups excluding carboxylic acids is 1. The van der Waals surface area contributed by atoms with Crippen LogP contribution in [-0.4, -0.2) is 40.5 Å². The number of carbonyl (C=O) groups is 1. The molecular formula is C21H15FN8O. The van der Waals surface area contributed by atoms with Crippen molar-refractivity contribution in [1.82, 2.24) is 34.6 Å². The zero-order valence-electron chi connectivity index (χ0n) is 16.3.